The lowest BCUT2D eigenvalue weighted by Crippen LogP contribution is -2.26. The second-order valence-electron chi connectivity index (χ2n) is 6.04. The minimum Gasteiger partial charge on any atom is -0.295 e. The second-order valence-corrected chi connectivity index (χ2v) is 6.04. The lowest BCUT2D eigenvalue weighted by Gasteiger charge is -2.28. The number of hydrogen-bond donors (Lipinski definition) is 0. The highest BCUT2D eigenvalue weighted by Gasteiger charge is 2.26. The maximum Gasteiger partial charge on any atom is 0.207 e. The van der Waals surface area contributed by atoms with E-state index in [0.29, 0.717) is 11.3 Å². The first-order chi connectivity index (χ1) is 10.7. The van der Waals surface area contributed by atoms with E-state index in [1.165, 1.54) is 12.3 Å². The number of benzene rings is 1. The van der Waals surface area contributed by atoms with Crippen molar-refractivity contribution in [2.24, 2.45) is 11.8 Å². The van der Waals surface area contributed by atoms with Crippen LogP contribution in [0, 0.1) is 11.8 Å². The number of aromatic nitrogens is 2. The Hall–Kier alpha value is -2.23. The number of nitrogens with zero attached hydrogens (tertiary/aromatic N) is 2. The highest BCUT2D eigenvalue weighted by molar-refractivity contribution is 5.91. The molecule has 2 atom stereocenters. The molecule has 1 saturated carbocycles. The van der Waals surface area contributed by atoms with Gasteiger partial charge in [-0.1, -0.05) is 25.1 Å². The third kappa shape index (κ3) is 2.86. The summed E-state index contributed by atoms with van der Waals surface area (Å²) in [6, 6.07) is 7.55. The van der Waals surface area contributed by atoms with E-state index >= 15 is 0 Å². The Morgan fingerprint density at radius 2 is 2.18 bits per heavy atom. The van der Waals surface area contributed by atoms with Gasteiger partial charge in [0.2, 0.25) is 5.43 Å². The van der Waals surface area contributed by atoms with Gasteiger partial charge in [0.05, 0.1) is 11.7 Å². The van der Waals surface area contributed by atoms with Crippen LogP contribution in [0.3, 0.4) is 0 Å². The normalized spacial score (nSPS) is 21.6. The fraction of sp³-hybridized carbons (Fsp3) is 0.389. The maximum atomic E-state index is 11.9. The van der Waals surface area contributed by atoms with Crippen LogP contribution >= 0.6 is 0 Å². The molecule has 1 aromatic carbocycles. The number of carbonyl (C=O) groups excluding carboxylic acids is 1. The monoisotopic (exact) mass is 296 g/mol. The number of hydrogen-bond acceptors (Lipinski definition) is 3. The van der Waals surface area contributed by atoms with Gasteiger partial charge >= 0.3 is 0 Å². The van der Waals surface area contributed by atoms with Gasteiger partial charge in [0, 0.05) is 17.8 Å². The summed E-state index contributed by atoms with van der Waals surface area (Å²) in [5.41, 5.74) is 0.822. The molecule has 0 bridgehead atoms. The first-order valence-electron chi connectivity index (χ1n) is 7.80. The summed E-state index contributed by atoms with van der Waals surface area (Å²) in [7, 11) is 0. The van der Waals surface area contributed by atoms with Gasteiger partial charge in [0.1, 0.15) is 0 Å². The molecule has 1 fully saturated rings. The number of carbonyl (C=O) groups is 1. The molecule has 0 amide bonds. The lowest BCUT2D eigenvalue weighted by molar-refractivity contribution is -0.119. The van der Waals surface area contributed by atoms with Gasteiger partial charge in [0.15, 0.2) is 5.78 Å². The number of para-hydroxylation sites is 1. The molecule has 0 saturated heterocycles. The van der Waals surface area contributed by atoms with Gasteiger partial charge in [0.25, 0.3) is 0 Å². The highest BCUT2D eigenvalue weighted by atomic mass is 16.1. The summed E-state index contributed by atoms with van der Waals surface area (Å²) in [5.74, 6) is 0.672. The average Bonchev–Trinajstić information content (AvgIpc) is 2.57. The van der Waals surface area contributed by atoms with Crippen LogP contribution < -0.4 is 5.43 Å². The average molecular weight is 296 g/mol. The van der Waals surface area contributed by atoms with E-state index < -0.39 is 0 Å². The molecular weight excluding hydrogens is 276 g/mol. The highest BCUT2D eigenvalue weighted by Crippen LogP contribution is 2.31. The molecule has 2 unspecified atom stereocenters. The van der Waals surface area contributed by atoms with Crippen LogP contribution in [0.25, 0.3) is 10.9 Å². The molecule has 2 aromatic rings. The van der Waals surface area contributed by atoms with Crippen LogP contribution in [0.15, 0.2) is 47.9 Å². The SMILES string of the molecule is C=CC(=O)C1CCCC(Cn2ncc(=O)c3ccccc32)C1. The van der Waals surface area contributed by atoms with E-state index in [0.717, 1.165) is 37.7 Å². The Labute approximate surface area is 129 Å². The molecule has 114 valence electrons. The van der Waals surface area contributed by atoms with E-state index in [1.54, 1.807) is 0 Å². The van der Waals surface area contributed by atoms with Crippen LogP contribution in [-0.4, -0.2) is 15.6 Å². The fourth-order valence-electron chi connectivity index (χ4n) is 3.43. The first-order valence-corrected chi connectivity index (χ1v) is 7.80. The number of rotatable bonds is 4. The predicted octanol–water partition coefficient (Wildman–Crippen LogP) is 2.96. The molecule has 1 heterocycles. The van der Waals surface area contributed by atoms with Gasteiger partial charge in [-0.05, 0) is 43.4 Å². The van der Waals surface area contributed by atoms with Gasteiger partial charge in [-0.15, -0.1) is 0 Å². The smallest absolute Gasteiger partial charge is 0.207 e. The summed E-state index contributed by atoms with van der Waals surface area (Å²) in [5, 5.41) is 4.99. The maximum absolute atomic E-state index is 11.9. The van der Waals surface area contributed by atoms with Gasteiger partial charge in [-0.3, -0.25) is 14.3 Å². The second kappa shape index (κ2) is 6.26. The Morgan fingerprint density at radius 3 is 3.00 bits per heavy atom. The van der Waals surface area contributed by atoms with Crippen molar-refractivity contribution in [3.63, 3.8) is 0 Å². The van der Waals surface area contributed by atoms with Crippen LogP contribution in [0.2, 0.25) is 0 Å². The van der Waals surface area contributed by atoms with Crippen LogP contribution in [0.1, 0.15) is 25.7 Å². The number of fused-ring (bicyclic) bond motifs is 1. The van der Waals surface area contributed by atoms with Crippen molar-refractivity contribution in [3.05, 3.63) is 53.3 Å². The van der Waals surface area contributed by atoms with Crippen molar-refractivity contribution in [3.8, 4) is 0 Å². The third-order valence-electron chi connectivity index (χ3n) is 4.58. The third-order valence-corrected chi connectivity index (χ3v) is 4.58. The molecule has 0 aliphatic heterocycles. The number of ketones is 1. The van der Waals surface area contributed by atoms with Crippen LogP contribution in [0.4, 0.5) is 0 Å². The summed E-state index contributed by atoms with van der Waals surface area (Å²) in [6.45, 7) is 4.35. The molecule has 3 rings (SSSR count). The molecule has 0 N–H and O–H groups in total. The molecule has 1 aromatic heterocycles. The van der Waals surface area contributed by atoms with Crippen molar-refractivity contribution in [1.29, 1.82) is 0 Å². The minimum atomic E-state index is -0.0461. The van der Waals surface area contributed by atoms with E-state index in [-0.39, 0.29) is 17.1 Å². The lowest BCUT2D eigenvalue weighted by atomic mass is 9.79. The molecule has 0 radical (unpaired) electrons. The van der Waals surface area contributed by atoms with E-state index in [9.17, 15) is 9.59 Å². The van der Waals surface area contributed by atoms with Crippen molar-refractivity contribution < 1.29 is 4.79 Å². The van der Waals surface area contributed by atoms with Crippen molar-refractivity contribution in [2.75, 3.05) is 0 Å². The summed E-state index contributed by atoms with van der Waals surface area (Å²) < 4.78 is 1.90. The Morgan fingerprint density at radius 1 is 1.36 bits per heavy atom. The van der Waals surface area contributed by atoms with E-state index in [1.807, 2.05) is 28.9 Å². The van der Waals surface area contributed by atoms with E-state index in [2.05, 4.69) is 11.7 Å². The zero-order valence-electron chi connectivity index (χ0n) is 12.6. The molecule has 1 aliphatic carbocycles. The van der Waals surface area contributed by atoms with Crippen molar-refractivity contribution >= 4 is 16.7 Å². The Bertz CT molecular complexity index is 763. The van der Waals surface area contributed by atoms with Crippen molar-refractivity contribution in [2.45, 2.75) is 32.2 Å². The molecule has 0 spiro atoms. The predicted molar refractivity (Wildman–Crippen MR) is 86.7 cm³/mol. The summed E-state index contributed by atoms with van der Waals surface area (Å²) in [4.78, 5) is 23.7. The van der Waals surface area contributed by atoms with Gasteiger partial charge in [-0.25, -0.2) is 0 Å². The quantitative estimate of drug-likeness (QED) is 0.815. The molecule has 1 aliphatic rings. The molecule has 22 heavy (non-hydrogen) atoms. The standard InChI is InChI=1S/C18H20N2O2/c1-2-17(21)14-7-5-6-13(10-14)12-20-16-9-4-3-8-15(16)18(22)11-19-20/h2-4,8-9,11,13-14H,1,5-7,10,12H2. The molecule has 4 nitrogen and oxygen atoms in total. The zero-order valence-corrected chi connectivity index (χ0v) is 12.6. The van der Waals surface area contributed by atoms with Crippen LogP contribution in [0.5, 0.6) is 0 Å². The number of allylic oxidation sites excluding steroid dienone is 1. The summed E-state index contributed by atoms with van der Waals surface area (Å²) >= 11 is 0. The summed E-state index contributed by atoms with van der Waals surface area (Å²) in [6.07, 6.45) is 6.83. The Balaban J connectivity index is 1.84. The van der Waals surface area contributed by atoms with Crippen molar-refractivity contribution in [1.82, 2.24) is 9.78 Å². The van der Waals surface area contributed by atoms with Gasteiger partial charge in [-0.2, -0.15) is 5.10 Å². The largest absolute Gasteiger partial charge is 0.295 e. The van der Waals surface area contributed by atoms with E-state index in [4.69, 9.17) is 0 Å². The van der Waals surface area contributed by atoms with Crippen LogP contribution in [-0.2, 0) is 11.3 Å². The molecular formula is C18H20N2O2. The first kappa shape index (κ1) is 14.7. The Kier molecular flexibility index (Phi) is 4.18. The van der Waals surface area contributed by atoms with Gasteiger partial charge < -0.3 is 0 Å². The topological polar surface area (TPSA) is 52.0 Å². The zero-order chi connectivity index (χ0) is 15.5. The fourth-order valence-corrected chi connectivity index (χ4v) is 3.43. The minimum absolute atomic E-state index is 0.0461. The molecule has 4 heteroatoms.